The number of H-pyrrole nitrogens is 1. The Morgan fingerprint density at radius 1 is 1.00 bits per heavy atom. The first-order valence-electron chi connectivity index (χ1n) is 11.4. The molecule has 0 saturated heterocycles. The first-order chi connectivity index (χ1) is 17.8. The van der Waals surface area contributed by atoms with Gasteiger partial charge in [-0.15, -0.1) is 5.69 Å². The summed E-state index contributed by atoms with van der Waals surface area (Å²) in [6.07, 6.45) is 1.87. The molecule has 3 aromatic carbocycles. The molecule has 1 amide bonds. The average molecular weight is 539 g/mol. The number of fused-ring (bicyclic) bond motifs is 2. The third kappa shape index (κ3) is 5.40. The van der Waals surface area contributed by atoms with Gasteiger partial charge in [-0.05, 0) is 54.4 Å². The fraction of sp³-hybridized carbons (Fsp3) is 0.154. The van der Waals surface area contributed by atoms with Crippen LogP contribution >= 0.6 is 11.6 Å². The maximum Gasteiger partial charge on any atom is 0.256 e. The molecule has 9 nitrogen and oxygen atoms in total. The van der Waals surface area contributed by atoms with E-state index >= 15 is 0 Å². The van der Waals surface area contributed by atoms with Gasteiger partial charge in [0.25, 0.3) is 5.91 Å². The van der Waals surface area contributed by atoms with Crippen LogP contribution < -0.4 is 20.2 Å². The molecule has 1 aliphatic heterocycles. The first-order valence-corrected chi connectivity index (χ1v) is 13.2. The van der Waals surface area contributed by atoms with Gasteiger partial charge in [0.2, 0.25) is 5.43 Å². The quantitative estimate of drug-likeness (QED) is 0.360. The van der Waals surface area contributed by atoms with E-state index in [2.05, 4.69) is 15.0 Å². The summed E-state index contributed by atoms with van der Waals surface area (Å²) in [4.78, 5) is 28.5. The number of halogens is 1. The van der Waals surface area contributed by atoms with Crippen LogP contribution in [0.1, 0.15) is 15.9 Å². The highest BCUT2D eigenvalue weighted by Crippen LogP contribution is 2.37. The highest BCUT2D eigenvalue weighted by molar-refractivity contribution is 7.94. The second kappa shape index (κ2) is 10.2. The predicted molar refractivity (Wildman–Crippen MR) is 140 cm³/mol. The molecule has 0 bridgehead atoms. The van der Waals surface area contributed by atoms with Crippen LogP contribution in [0.5, 0.6) is 11.5 Å². The van der Waals surface area contributed by atoms with Gasteiger partial charge in [-0.2, -0.15) is 0 Å². The van der Waals surface area contributed by atoms with Gasteiger partial charge in [0.05, 0.1) is 4.90 Å². The summed E-state index contributed by atoms with van der Waals surface area (Å²) in [5, 5.41) is 3.40. The van der Waals surface area contributed by atoms with Crippen LogP contribution in [0.3, 0.4) is 0 Å². The van der Waals surface area contributed by atoms with Gasteiger partial charge in [0.15, 0.2) is 11.5 Å². The minimum Gasteiger partial charge on any atom is -0.573 e. The van der Waals surface area contributed by atoms with E-state index in [1.54, 1.807) is 18.2 Å². The zero-order valence-corrected chi connectivity index (χ0v) is 20.9. The number of pyridine rings is 1. The highest BCUT2D eigenvalue weighted by Gasteiger charge is 2.16. The highest BCUT2D eigenvalue weighted by atomic mass is 35.5. The lowest BCUT2D eigenvalue weighted by Crippen LogP contribution is -2.30. The van der Waals surface area contributed by atoms with E-state index in [0.717, 1.165) is 5.56 Å². The molecule has 0 spiro atoms. The summed E-state index contributed by atoms with van der Waals surface area (Å²) in [6, 6.07) is 15.8. The Bertz CT molecular complexity index is 1650. The second-order valence-electron chi connectivity index (χ2n) is 8.27. The lowest BCUT2D eigenvalue weighted by molar-refractivity contribution is 0.0953. The van der Waals surface area contributed by atoms with Crippen molar-refractivity contribution < 1.29 is 22.7 Å². The number of sulfonamides is 1. The molecule has 11 heteroatoms. The number of hydrogen-bond acceptors (Lipinski definition) is 6. The Hall–Kier alpha value is -4.02. The standard InChI is InChI=1S/C26H21ClN3O6S/c27-17-3-1-16(2-4-17)9-10-28-26(32)21-15-29-22-7-6-19(14-20(22)25(21)31)37(33,34)30-18-5-8-23-24(13-18)36-12-11-35-23/h1-8,13-15H,9-12H2,(H2,28,29,31,32)/q-1. The number of benzene rings is 3. The molecular weight excluding hydrogens is 518 g/mol. The van der Waals surface area contributed by atoms with Crippen LogP contribution in [0.15, 0.2) is 76.6 Å². The number of aromatic nitrogens is 1. The second-order valence-corrected chi connectivity index (χ2v) is 10.3. The summed E-state index contributed by atoms with van der Waals surface area (Å²) >= 11 is 5.89. The Morgan fingerprint density at radius 3 is 2.54 bits per heavy atom. The molecule has 0 unspecified atom stereocenters. The molecule has 2 N–H and O–H groups in total. The number of carbonyl (C=O) groups is 1. The Balaban J connectivity index is 1.35. The van der Waals surface area contributed by atoms with Gasteiger partial charge in [-0.1, -0.05) is 29.8 Å². The number of hydrogen-bond donors (Lipinski definition) is 2. The normalized spacial score (nSPS) is 12.8. The van der Waals surface area contributed by atoms with Crippen molar-refractivity contribution in [3.63, 3.8) is 0 Å². The van der Waals surface area contributed by atoms with Gasteiger partial charge < -0.3 is 24.5 Å². The number of amides is 1. The van der Waals surface area contributed by atoms with Crippen LogP contribution in [0, 0.1) is 0 Å². The molecular formula is C26H21ClN3O6S-. The van der Waals surface area contributed by atoms with Crippen molar-refractivity contribution in [2.45, 2.75) is 11.3 Å². The van der Waals surface area contributed by atoms with E-state index in [1.165, 1.54) is 36.5 Å². The summed E-state index contributed by atoms with van der Waals surface area (Å²) in [5.41, 5.74) is 0.817. The molecule has 5 rings (SSSR count). The van der Waals surface area contributed by atoms with Crippen molar-refractivity contribution in [3.8, 4) is 11.5 Å². The summed E-state index contributed by atoms with van der Waals surface area (Å²) in [6.45, 7) is 1.07. The van der Waals surface area contributed by atoms with Crippen molar-refractivity contribution in [1.82, 2.24) is 10.3 Å². The zero-order valence-electron chi connectivity index (χ0n) is 19.4. The third-order valence-electron chi connectivity index (χ3n) is 5.76. The minimum atomic E-state index is -4.16. The fourth-order valence-electron chi connectivity index (χ4n) is 3.87. The molecule has 1 aliphatic rings. The molecule has 0 radical (unpaired) electrons. The molecule has 0 fully saturated rings. The van der Waals surface area contributed by atoms with E-state index < -0.39 is 21.4 Å². The molecule has 37 heavy (non-hydrogen) atoms. The molecule has 4 aromatic rings. The molecule has 0 saturated carbocycles. The number of nitrogens with one attached hydrogen (secondary N) is 2. The lowest BCUT2D eigenvalue weighted by atomic mass is 10.1. The van der Waals surface area contributed by atoms with E-state index in [-0.39, 0.29) is 21.5 Å². The van der Waals surface area contributed by atoms with Crippen molar-refractivity contribution in [3.05, 3.63) is 98.0 Å². The van der Waals surface area contributed by atoms with Gasteiger partial charge in [-0.3, -0.25) is 9.59 Å². The third-order valence-corrected chi connectivity index (χ3v) is 7.31. The van der Waals surface area contributed by atoms with Gasteiger partial charge in [0.1, 0.15) is 28.8 Å². The Labute approximate surface area is 217 Å². The predicted octanol–water partition coefficient (Wildman–Crippen LogP) is 4.32. The monoisotopic (exact) mass is 538 g/mol. The number of carbonyl (C=O) groups excluding carboxylic acids is 1. The molecule has 1 aromatic heterocycles. The van der Waals surface area contributed by atoms with Crippen molar-refractivity contribution in [2.75, 3.05) is 19.8 Å². The van der Waals surface area contributed by atoms with Gasteiger partial charge in [0, 0.05) is 28.7 Å². The van der Waals surface area contributed by atoms with Gasteiger partial charge in [-0.25, -0.2) is 8.42 Å². The van der Waals surface area contributed by atoms with E-state index in [0.29, 0.717) is 48.2 Å². The summed E-state index contributed by atoms with van der Waals surface area (Å²) in [7, 11) is -4.16. The van der Waals surface area contributed by atoms with E-state index in [4.69, 9.17) is 21.1 Å². The SMILES string of the molecule is O=C(NCCc1ccc(Cl)cc1)c1c[nH]c2ccc(S(=O)(=O)[N-]c3ccc4c(c3)OCCO4)cc2c1=O. The van der Waals surface area contributed by atoms with Crippen LogP contribution in [-0.2, 0) is 16.4 Å². The minimum absolute atomic E-state index is 0.0591. The molecule has 0 aliphatic carbocycles. The van der Waals surface area contributed by atoms with Crippen molar-refractivity contribution in [1.29, 1.82) is 0 Å². The van der Waals surface area contributed by atoms with Crippen LogP contribution in [0.4, 0.5) is 5.69 Å². The maximum atomic E-state index is 13.1. The number of ether oxygens (including phenoxy) is 2. The van der Waals surface area contributed by atoms with Gasteiger partial charge >= 0.3 is 0 Å². The first kappa shape index (κ1) is 24.7. The lowest BCUT2D eigenvalue weighted by Gasteiger charge is -2.25. The fourth-order valence-corrected chi connectivity index (χ4v) is 5.00. The smallest absolute Gasteiger partial charge is 0.256 e. The van der Waals surface area contributed by atoms with E-state index in [1.807, 2.05) is 12.1 Å². The summed E-state index contributed by atoms with van der Waals surface area (Å²) < 4.78 is 40.8. The average Bonchev–Trinajstić information content (AvgIpc) is 2.89. The molecule has 0 atom stereocenters. The largest absolute Gasteiger partial charge is 0.573 e. The molecule has 2 heterocycles. The van der Waals surface area contributed by atoms with Crippen LogP contribution in [-0.4, -0.2) is 39.1 Å². The van der Waals surface area contributed by atoms with Crippen LogP contribution in [0.2, 0.25) is 5.02 Å². The Kier molecular flexibility index (Phi) is 6.77. The van der Waals surface area contributed by atoms with Crippen LogP contribution in [0.25, 0.3) is 15.6 Å². The number of rotatable bonds is 7. The van der Waals surface area contributed by atoms with Crippen molar-refractivity contribution >= 4 is 44.1 Å². The van der Waals surface area contributed by atoms with E-state index in [9.17, 15) is 18.0 Å². The number of aromatic amines is 1. The topological polar surface area (TPSA) is 129 Å². The number of nitrogens with zero attached hydrogens (tertiary/aromatic N) is 1. The summed E-state index contributed by atoms with van der Waals surface area (Å²) in [5.74, 6) is 0.356. The maximum absolute atomic E-state index is 13.1. The zero-order chi connectivity index (χ0) is 26.0. The Morgan fingerprint density at radius 2 is 1.76 bits per heavy atom. The molecule has 190 valence electrons. The van der Waals surface area contributed by atoms with Crippen molar-refractivity contribution in [2.24, 2.45) is 0 Å².